The van der Waals surface area contributed by atoms with Crippen molar-refractivity contribution in [3.63, 3.8) is 0 Å². The molecule has 0 aliphatic heterocycles. The lowest BCUT2D eigenvalue weighted by molar-refractivity contribution is 0.0415. The Labute approximate surface area is 155 Å². The van der Waals surface area contributed by atoms with E-state index in [0.29, 0.717) is 18.4 Å². The van der Waals surface area contributed by atoms with Crippen LogP contribution in [0.4, 0.5) is 0 Å². The normalized spacial score (nSPS) is 13.3. The molecule has 0 saturated carbocycles. The van der Waals surface area contributed by atoms with Gasteiger partial charge in [-0.05, 0) is 80.5 Å². The molecular weight excluding hydrogens is 326 g/mol. The van der Waals surface area contributed by atoms with Crippen LogP contribution in [0.3, 0.4) is 0 Å². The fraction of sp³-hybridized carbons (Fsp3) is 0.409. The zero-order valence-electron chi connectivity index (χ0n) is 16.1. The quantitative estimate of drug-likeness (QED) is 0.712. The minimum atomic E-state index is -1.03. The van der Waals surface area contributed by atoms with Gasteiger partial charge in [0.1, 0.15) is 0 Å². The summed E-state index contributed by atoms with van der Waals surface area (Å²) in [6, 6.07) is 11.9. The van der Waals surface area contributed by atoms with Crippen molar-refractivity contribution in [1.82, 2.24) is 5.32 Å². The second kappa shape index (κ2) is 8.47. The van der Waals surface area contributed by atoms with Crippen molar-refractivity contribution < 1.29 is 15.0 Å². The van der Waals surface area contributed by atoms with Crippen LogP contribution in [0.25, 0.3) is 11.1 Å². The Kier molecular flexibility index (Phi) is 6.57. The van der Waals surface area contributed by atoms with Crippen LogP contribution < -0.4 is 5.32 Å². The molecule has 0 bridgehead atoms. The second-order valence-electron chi connectivity index (χ2n) is 7.34. The standard InChI is InChI=1S/C22H29NO3/c1-15-11-17(3)20(12-16(15)2)18-7-5-8-19(13-18)21(25)23-14-22(4,26)9-6-10-24/h5,7-8,11-13,24,26H,6,9-10,14H2,1-4H3,(H,23,25). The highest BCUT2D eigenvalue weighted by atomic mass is 16.3. The summed E-state index contributed by atoms with van der Waals surface area (Å²) in [5.41, 5.74) is 5.32. The number of aliphatic hydroxyl groups excluding tert-OH is 1. The molecule has 0 fully saturated rings. The largest absolute Gasteiger partial charge is 0.396 e. The highest BCUT2D eigenvalue weighted by Gasteiger charge is 2.21. The first-order chi connectivity index (χ1) is 12.2. The number of hydrogen-bond donors (Lipinski definition) is 3. The summed E-state index contributed by atoms with van der Waals surface area (Å²) in [7, 11) is 0. The Morgan fingerprint density at radius 2 is 1.77 bits per heavy atom. The SMILES string of the molecule is Cc1cc(C)c(-c2cccc(C(=O)NCC(C)(O)CCCO)c2)cc1C. The van der Waals surface area contributed by atoms with Gasteiger partial charge in [0.05, 0.1) is 5.60 Å². The average molecular weight is 355 g/mol. The summed E-state index contributed by atoms with van der Waals surface area (Å²) in [6.07, 6.45) is 0.941. The summed E-state index contributed by atoms with van der Waals surface area (Å²) in [6.45, 7) is 8.10. The first kappa shape index (κ1) is 20.1. The molecule has 0 spiro atoms. The van der Waals surface area contributed by atoms with Crippen molar-refractivity contribution in [2.45, 2.75) is 46.1 Å². The van der Waals surface area contributed by atoms with Crippen molar-refractivity contribution in [3.8, 4) is 11.1 Å². The molecule has 2 rings (SSSR count). The van der Waals surface area contributed by atoms with E-state index >= 15 is 0 Å². The number of carbonyl (C=O) groups excluding carboxylic acids is 1. The number of rotatable bonds is 7. The molecule has 0 aromatic heterocycles. The van der Waals surface area contributed by atoms with E-state index in [1.807, 2.05) is 18.2 Å². The summed E-state index contributed by atoms with van der Waals surface area (Å²) in [5.74, 6) is -0.211. The molecule has 2 aromatic rings. The second-order valence-corrected chi connectivity index (χ2v) is 7.34. The number of amides is 1. The van der Waals surface area contributed by atoms with E-state index in [-0.39, 0.29) is 19.1 Å². The summed E-state index contributed by atoms with van der Waals surface area (Å²) in [4.78, 5) is 12.5. The van der Waals surface area contributed by atoms with Crippen LogP contribution in [-0.4, -0.2) is 34.9 Å². The molecule has 0 saturated heterocycles. The molecule has 4 nitrogen and oxygen atoms in total. The summed E-state index contributed by atoms with van der Waals surface area (Å²) >= 11 is 0. The van der Waals surface area contributed by atoms with Crippen molar-refractivity contribution in [2.24, 2.45) is 0 Å². The molecular formula is C22H29NO3. The van der Waals surface area contributed by atoms with Gasteiger partial charge < -0.3 is 15.5 Å². The minimum Gasteiger partial charge on any atom is -0.396 e. The van der Waals surface area contributed by atoms with E-state index in [9.17, 15) is 9.90 Å². The topological polar surface area (TPSA) is 69.6 Å². The van der Waals surface area contributed by atoms with Gasteiger partial charge in [0.15, 0.2) is 0 Å². The number of carbonyl (C=O) groups is 1. The lowest BCUT2D eigenvalue weighted by Crippen LogP contribution is -2.40. The van der Waals surface area contributed by atoms with Crippen LogP contribution in [0.15, 0.2) is 36.4 Å². The Hall–Kier alpha value is -2.17. The van der Waals surface area contributed by atoms with Gasteiger partial charge in [-0.15, -0.1) is 0 Å². The zero-order chi connectivity index (χ0) is 19.3. The van der Waals surface area contributed by atoms with Crippen LogP contribution in [0.5, 0.6) is 0 Å². The van der Waals surface area contributed by atoms with E-state index in [1.54, 1.807) is 13.0 Å². The van der Waals surface area contributed by atoms with Gasteiger partial charge >= 0.3 is 0 Å². The maximum absolute atomic E-state index is 12.5. The first-order valence-electron chi connectivity index (χ1n) is 9.03. The molecule has 0 radical (unpaired) electrons. The van der Waals surface area contributed by atoms with Gasteiger partial charge in [-0.25, -0.2) is 0 Å². The molecule has 1 unspecified atom stereocenters. The fourth-order valence-corrected chi connectivity index (χ4v) is 3.02. The number of aryl methyl sites for hydroxylation is 3. The van der Waals surface area contributed by atoms with Crippen molar-refractivity contribution in [2.75, 3.05) is 13.2 Å². The third kappa shape index (κ3) is 5.16. The average Bonchev–Trinajstić information content (AvgIpc) is 2.61. The maximum atomic E-state index is 12.5. The van der Waals surface area contributed by atoms with Crippen LogP contribution in [0.2, 0.25) is 0 Å². The van der Waals surface area contributed by atoms with E-state index in [1.165, 1.54) is 16.7 Å². The van der Waals surface area contributed by atoms with E-state index in [4.69, 9.17) is 5.11 Å². The van der Waals surface area contributed by atoms with Gasteiger partial charge in [0.2, 0.25) is 0 Å². The number of nitrogens with one attached hydrogen (secondary N) is 1. The minimum absolute atomic E-state index is 0.0292. The Morgan fingerprint density at radius 1 is 1.08 bits per heavy atom. The molecule has 0 aliphatic rings. The third-order valence-electron chi connectivity index (χ3n) is 4.78. The Balaban J connectivity index is 2.16. The van der Waals surface area contributed by atoms with Gasteiger partial charge in [-0.1, -0.05) is 24.3 Å². The predicted molar refractivity (Wildman–Crippen MR) is 105 cm³/mol. The molecule has 0 aliphatic carbocycles. The Bertz CT molecular complexity index is 781. The van der Waals surface area contributed by atoms with Crippen LogP contribution in [0.1, 0.15) is 46.8 Å². The number of hydrogen-bond acceptors (Lipinski definition) is 3. The van der Waals surface area contributed by atoms with Crippen LogP contribution in [-0.2, 0) is 0 Å². The number of benzene rings is 2. The van der Waals surface area contributed by atoms with E-state index < -0.39 is 5.60 Å². The highest BCUT2D eigenvalue weighted by molar-refractivity contribution is 5.95. The third-order valence-corrected chi connectivity index (χ3v) is 4.78. The molecule has 1 atom stereocenters. The van der Waals surface area contributed by atoms with E-state index in [0.717, 1.165) is 11.1 Å². The van der Waals surface area contributed by atoms with Crippen molar-refractivity contribution in [3.05, 3.63) is 58.7 Å². The zero-order valence-corrected chi connectivity index (χ0v) is 16.1. The predicted octanol–water partition coefficient (Wildman–Crippen LogP) is 3.53. The lowest BCUT2D eigenvalue weighted by Gasteiger charge is -2.23. The maximum Gasteiger partial charge on any atom is 0.251 e. The summed E-state index contributed by atoms with van der Waals surface area (Å²) in [5, 5.41) is 21.9. The van der Waals surface area contributed by atoms with Gasteiger partial charge in [-0.3, -0.25) is 4.79 Å². The van der Waals surface area contributed by atoms with Gasteiger partial charge in [-0.2, -0.15) is 0 Å². The smallest absolute Gasteiger partial charge is 0.251 e. The first-order valence-corrected chi connectivity index (χ1v) is 9.03. The van der Waals surface area contributed by atoms with Gasteiger partial charge in [0.25, 0.3) is 5.91 Å². The summed E-state index contributed by atoms with van der Waals surface area (Å²) < 4.78 is 0. The van der Waals surface area contributed by atoms with Crippen molar-refractivity contribution >= 4 is 5.91 Å². The fourth-order valence-electron chi connectivity index (χ4n) is 3.02. The Morgan fingerprint density at radius 3 is 2.46 bits per heavy atom. The molecule has 2 aromatic carbocycles. The van der Waals surface area contributed by atoms with Crippen LogP contribution >= 0.6 is 0 Å². The van der Waals surface area contributed by atoms with Crippen molar-refractivity contribution in [1.29, 1.82) is 0 Å². The molecule has 1 amide bonds. The van der Waals surface area contributed by atoms with Crippen LogP contribution in [0, 0.1) is 20.8 Å². The van der Waals surface area contributed by atoms with Gasteiger partial charge in [0, 0.05) is 18.7 Å². The van der Waals surface area contributed by atoms with E-state index in [2.05, 4.69) is 38.2 Å². The molecule has 140 valence electrons. The number of aliphatic hydroxyl groups is 2. The molecule has 0 heterocycles. The highest BCUT2D eigenvalue weighted by Crippen LogP contribution is 2.27. The molecule has 4 heteroatoms. The molecule has 26 heavy (non-hydrogen) atoms. The monoisotopic (exact) mass is 355 g/mol. The molecule has 3 N–H and O–H groups in total. The lowest BCUT2D eigenvalue weighted by atomic mass is 9.94.